The lowest BCUT2D eigenvalue weighted by molar-refractivity contribution is 0.0193. The van der Waals surface area contributed by atoms with Crippen molar-refractivity contribution in [3.8, 4) is 0 Å². The van der Waals surface area contributed by atoms with Gasteiger partial charge in [0.05, 0.1) is 6.10 Å². The molecule has 0 aliphatic carbocycles. The van der Waals surface area contributed by atoms with Crippen LogP contribution in [0.25, 0.3) is 0 Å². The molecule has 0 radical (unpaired) electrons. The topological polar surface area (TPSA) is 95.3 Å². The zero-order valence-corrected chi connectivity index (χ0v) is 9.35. The van der Waals surface area contributed by atoms with Crippen molar-refractivity contribution in [1.29, 1.82) is 0 Å². The summed E-state index contributed by atoms with van der Waals surface area (Å²) in [5.41, 5.74) is -1.06. The summed E-state index contributed by atoms with van der Waals surface area (Å²) in [6.07, 6.45) is -0.551. The molecule has 1 aromatic rings. The summed E-state index contributed by atoms with van der Waals surface area (Å²) in [4.78, 5) is 24.5. The van der Waals surface area contributed by atoms with E-state index in [4.69, 9.17) is 0 Å². The first-order valence-electron chi connectivity index (χ1n) is 4.84. The highest BCUT2D eigenvalue weighted by Gasteiger charge is 2.41. The molecule has 0 saturated carbocycles. The average Bonchev–Trinajstić information content (AvgIpc) is 2.46. The number of rotatable bonds is 1. The van der Waals surface area contributed by atoms with Crippen LogP contribution < -0.4 is 11.2 Å². The van der Waals surface area contributed by atoms with Gasteiger partial charge in [0, 0.05) is 17.5 Å². The third kappa shape index (κ3) is 1.81. The molecule has 0 amide bonds. The van der Waals surface area contributed by atoms with E-state index in [0.29, 0.717) is 0 Å². The van der Waals surface area contributed by atoms with E-state index in [1.165, 1.54) is 28.6 Å². The van der Waals surface area contributed by atoms with Crippen LogP contribution in [0.1, 0.15) is 12.3 Å². The Morgan fingerprint density at radius 3 is 2.56 bits per heavy atom. The van der Waals surface area contributed by atoms with Gasteiger partial charge in [-0.05, 0) is 0 Å². The number of aromatic amines is 1. The number of aliphatic hydroxyl groups is 2. The molecule has 6 nitrogen and oxygen atoms in total. The lowest BCUT2D eigenvalue weighted by Gasteiger charge is -2.17. The molecule has 1 aromatic heterocycles. The van der Waals surface area contributed by atoms with Crippen molar-refractivity contribution in [1.82, 2.24) is 9.55 Å². The van der Waals surface area contributed by atoms with Gasteiger partial charge in [0.1, 0.15) is 11.5 Å². The second-order valence-electron chi connectivity index (χ2n) is 3.73. The highest BCUT2D eigenvalue weighted by Crippen LogP contribution is 2.40. The van der Waals surface area contributed by atoms with Crippen molar-refractivity contribution < 1.29 is 10.2 Å². The third-order valence-electron chi connectivity index (χ3n) is 2.60. The number of nitrogens with one attached hydrogen (secondary N) is 1. The van der Waals surface area contributed by atoms with Crippen LogP contribution in [0.3, 0.4) is 0 Å². The van der Waals surface area contributed by atoms with Gasteiger partial charge in [0.2, 0.25) is 0 Å². The molecule has 3 N–H and O–H groups in total. The Morgan fingerprint density at radius 1 is 1.38 bits per heavy atom. The van der Waals surface area contributed by atoms with Crippen LogP contribution in [0, 0.1) is 0 Å². The van der Waals surface area contributed by atoms with Gasteiger partial charge in [-0.15, -0.1) is 11.8 Å². The number of hydrogen-bond acceptors (Lipinski definition) is 5. The minimum absolute atomic E-state index is 0.154. The van der Waals surface area contributed by atoms with Gasteiger partial charge in [-0.3, -0.25) is 14.3 Å². The summed E-state index contributed by atoms with van der Waals surface area (Å²) in [5, 5.41) is 18.6. The molecular formula is C9H12N2O4S. The summed E-state index contributed by atoms with van der Waals surface area (Å²) in [6.45, 7) is 1.77. The van der Waals surface area contributed by atoms with Crippen LogP contribution in [-0.4, -0.2) is 37.2 Å². The number of nitrogens with zero attached hydrogens (tertiary/aromatic N) is 1. The minimum atomic E-state index is -1.01. The van der Waals surface area contributed by atoms with E-state index in [0.717, 1.165) is 0 Å². The Labute approximate surface area is 94.9 Å². The van der Waals surface area contributed by atoms with Crippen LogP contribution in [-0.2, 0) is 0 Å². The quantitative estimate of drug-likeness (QED) is 0.582. The zero-order valence-electron chi connectivity index (χ0n) is 8.53. The molecule has 1 aliphatic rings. The largest absolute Gasteiger partial charge is 0.389 e. The third-order valence-corrected chi connectivity index (χ3v) is 4.10. The van der Waals surface area contributed by atoms with Gasteiger partial charge in [-0.2, -0.15) is 0 Å². The fourth-order valence-corrected chi connectivity index (χ4v) is 3.07. The Bertz CT molecular complexity index is 497. The van der Waals surface area contributed by atoms with E-state index in [9.17, 15) is 19.8 Å². The average molecular weight is 244 g/mol. The predicted octanol–water partition coefficient (Wildman–Crippen LogP) is -1.11. The maximum absolute atomic E-state index is 11.5. The summed E-state index contributed by atoms with van der Waals surface area (Å²) >= 11 is 1.30. The Morgan fingerprint density at radius 2 is 2.06 bits per heavy atom. The van der Waals surface area contributed by atoms with Crippen molar-refractivity contribution >= 4 is 11.8 Å². The molecule has 2 heterocycles. The van der Waals surface area contributed by atoms with E-state index in [-0.39, 0.29) is 5.25 Å². The van der Waals surface area contributed by atoms with E-state index < -0.39 is 28.8 Å². The molecule has 0 aromatic carbocycles. The minimum Gasteiger partial charge on any atom is -0.389 e. The summed E-state index contributed by atoms with van der Waals surface area (Å²) in [6, 6.07) is 1.21. The van der Waals surface area contributed by atoms with Gasteiger partial charge < -0.3 is 10.2 Å². The molecule has 0 spiro atoms. The first-order valence-corrected chi connectivity index (χ1v) is 5.78. The molecule has 4 atom stereocenters. The first-order chi connectivity index (χ1) is 7.50. The van der Waals surface area contributed by atoms with Crippen molar-refractivity contribution in [2.45, 2.75) is 29.8 Å². The van der Waals surface area contributed by atoms with Crippen LogP contribution >= 0.6 is 11.8 Å². The van der Waals surface area contributed by atoms with E-state index in [2.05, 4.69) is 4.98 Å². The van der Waals surface area contributed by atoms with E-state index in [1.54, 1.807) is 6.92 Å². The van der Waals surface area contributed by atoms with Gasteiger partial charge in [-0.25, -0.2) is 4.79 Å². The van der Waals surface area contributed by atoms with E-state index >= 15 is 0 Å². The highest BCUT2D eigenvalue weighted by molar-refractivity contribution is 8.00. The smallest absolute Gasteiger partial charge is 0.329 e. The predicted molar refractivity (Wildman–Crippen MR) is 59.4 cm³/mol. The SMILES string of the molecule is C[C@@H]1S[C@H](n2ccc(=O)[nH]c2=O)[C@H](O)[C@@H]1O. The fourth-order valence-electron chi connectivity index (χ4n) is 1.69. The molecule has 0 unspecified atom stereocenters. The molecule has 2 rings (SSSR count). The first kappa shape index (κ1) is 11.4. The van der Waals surface area contributed by atoms with Gasteiger partial charge in [0.15, 0.2) is 0 Å². The maximum Gasteiger partial charge on any atom is 0.329 e. The number of hydrogen-bond donors (Lipinski definition) is 3. The lowest BCUT2D eigenvalue weighted by atomic mass is 10.1. The molecule has 16 heavy (non-hydrogen) atoms. The van der Waals surface area contributed by atoms with Crippen molar-refractivity contribution in [3.63, 3.8) is 0 Å². The maximum atomic E-state index is 11.5. The standard InChI is InChI=1S/C9H12N2O4S/c1-4-6(13)7(14)8(16-4)11-3-2-5(12)10-9(11)15/h2-4,6-8,13-14H,1H3,(H,10,12,15)/t4-,6+,7+,8-/m0/s1. The summed E-state index contributed by atoms with van der Waals surface area (Å²) < 4.78 is 1.23. The second-order valence-corrected chi connectivity index (χ2v) is 5.23. The highest BCUT2D eigenvalue weighted by atomic mass is 32.2. The zero-order chi connectivity index (χ0) is 11.9. The number of H-pyrrole nitrogens is 1. The van der Waals surface area contributed by atoms with Crippen molar-refractivity contribution in [2.24, 2.45) is 0 Å². The fraction of sp³-hybridized carbons (Fsp3) is 0.556. The molecule has 7 heteroatoms. The van der Waals surface area contributed by atoms with Crippen LogP contribution in [0.4, 0.5) is 0 Å². The van der Waals surface area contributed by atoms with Gasteiger partial charge >= 0.3 is 5.69 Å². The molecular weight excluding hydrogens is 232 g/mol. The Hall–Kier alpha value is -1.05. The molecule has 0 bridgehead atoms. The normalized spacial score (nSPS) is 34.2. The Kier molecular flexibility index (Phi) is 2.92. The molecule has 1 fully saturated rings. The summed E-state index contributed by atoms with van der Waals surface area (Å²) in [5.74, 6) is 0. The number of thioether (sulfide) groups is 1. The molecule has 1 saturated heterocycles. The van der Waals surface area contributed by atoms with Gasteiger partial charge in [0.25, 0.3) is 5.56 Å². The van der Waals surface area contributed by atoms with Crippen LogP contribution in [0.2, 0.25) is 0 Å². The number of aliphatic hydroxyl groups excluding tert-OH is 2. The molecule has 1 aliphatic heterocycles. The van der Waals surface area contributed by atoms with Gasteiger partial charge in [-0.1, -0.05) is 6.92 Å². The second kappa shape index (κ2) is 4.08. The van der Waals surface area contributed by atoms with Crippen LogP contribution in [0.15, 0.2) is 21.9 Å². The van der Waals surface area contributed by atoms with Crippen molar-refractivity contribution in [3.05, 3.63) is 33.1 Å². The van der Waals surface area contributed by atoms with Crippen molar-refractivity contribution in [2.75, 3.05) is 0 Å². The van der Waals surface area contributed by atoms with E-state index in [1.807, 2.05) is 0 Å². The monoisotopic (exact) mass is 244 g/mol. The summed E-state index contributed by atoms with van der Waals surface area (Å²) in [7, 11) is 0. The molecule has 88 valence electrons. The van der Waals surface area contributed by atoms with Crippen LogP contribution in [0.5, 0.6) is 0 Å². The number of aromatic nitrogens is 2. The lowest BCUT2D eigenvalue weighted by Crippen LogP contribution is -2.36. The Balaban J connectivity index is 2.39.